The number of likely N-dealkylation sites (N-methyl/N-ethyl adjacent to an activating group) is 1. The number of carbonyl (C=O) groups is 1. The fraction of sp³-hybridized carbons (Fsp3) is 0.483. The number of piperazine rings is 1. The van der Waals surface area contributed by atoms with E-state index in [0.717, 1.165) is 73.4 Å². The number of ether oxygens (including phenoxy) is 1. The number of fused-ring (bicyclic) bond motifs is 1. The number of aromatic hydroxyl groups is 1. The second-order valence-electron chi connectivity index (χ2n) is 10.1. The Kier molecular flexibility index (Phi) is 7.71. The SMILES string of the molecule is CN1CCN(CCCOc2ccc(C(=O)c3c(C4CCCCC4)sc4cc(O)ccc34)cc2)CC1. The molecule has 1 aromatic heterocycles. The number of ketones is 1. The third-order valence-electron chi connectivity index (χ3n) is 7.50. The van der Waals surface area contributed by atoms with Crippen molar-refractivity contribution in [3.05, 3.63) is 58.5 Å². The number of carbonyl (C=O) groups excluding carboxylic acids is 1. The number of rotatable bonds is 8. The molecule has 1 saturated heterocycles. The normalized spacial score (nSPS) is 18.2. The van der Waals surface area contributed by atoms with E-state index in [-0.39, 0.29) is 11.5 Å². The van der Waals surface area contributed by atoms with Crippen molar-refractivity contribution in [2.75, 3.05) is 46.4 Å². The molecule has 2 heterocycles. The molecule has 1 N–H and O–H groups in total. The van der Waals surface area contributed by atoms with Gasteiger partial charge in [-0.25, -0.2) is 0 Å². The maximum Gasteiger partial charge on any atom is 0.194 e. The van der Waals surface area contributed by atoms with Crippen molar-refractivity contribution >= 4 is 27.2 Å². The van der Waals surface area contributed by atoms with Crippen LogP contribution in [0.3, 0.4) is 0 Å². The van der Waals surface area contributed by atoms with Crippen LogP contribution in [-0.4, -0.2) is 67.1 Å². The van der Waals surface area contributed by atoms with E-state index in [2.05, 4.69) is 16.8 Å². The lowest BCUT2D eigenvalue weighted by atomic mass is 9.85. The van der Waals surface area contributed by atoms with Crippen molar-refractivity contribution in [2.24, 2.45) is 0 Å². The first kappa shape index (κ1) is 24.3. The average molecular weight is 493 g/mol. The Bertz CT molecular complexity index is 1140. The van der Waals surface area contributed by atoms with Crippen LogP contribution in [0, 0.1) is 0 Å². The summed E-state index contributed by atoms with van der Waals surface area (Å²) in [6, 6.07) is 13.0. The first-order valence-electron chi connectivity index (χ1n) is 13.0. The standard InChI is InChI=1S/C29H36N2O3S/c1-30-15-17-31(18-16-30)14-5-19-34-24-11-8-21(9-12-24)28(33)27-25-13-10-23(32)20-26(25)35-29(27)22-6-3-2-4-7-22/h8-13,20,22,32H,2-7,14-19H2,1H3. The van der Waals surface area contributed by atoms with E-state index in [4.69, 9.17) is 4.74 Å². The van der Waals surface area contributed by atoms with Gasteiger partial charge in [0.2, 0.25) is 0 Å². The van der Waals surface area contributed by atoms with Gasteiger partial charge in [0.1, 0.15) is 11.5 Å². The van der Waals surface area contributed by atoms with Crippen molar-refractivity contribution in [3.63, 3.8) is 0 Å². The smallest absolute Gasteiger partial charge is 0.194 e. The second-order valence-corrected chi connectivity index (χ2v) is 11.1. The first-order chi connectivity index (χ1) is 17.1. The highest BCUT2D eigenvalue weighted by molar-refractivity contribution is 7.19. The summed E-state index contributed by atoms with van der Waals surface area (Å²) >= 11 is 1.68. The van der Waals surface area contributed by atoms with Gasteiger partial charge >= 0.3 is 0 Å². The van der Waals surface area contributed by atoms with Crippen LogP contribution in [0.2, 0.25) is 0 Å². The molecule has 2 aromatic carbocycles. The topological polar surface area (TPSA) is 53.0 Å². The van der Waals surface area contributed by atoms with Crippen LogP contribution in [0.1, 0.15) is 65.2 Å². The molecule has 1 aliphatic carbocycles. The Morgan fingerprint density at radius 2 is 1.77 bits per heavy atom. The zero-order valence-electron chi connectivity index (χ0n) is 20.7. The summed E-state index contributed by atoms with van der Waals surface area (Å²) < 4.78 is 6.97. The van der Waals surface area contributed by atoms with Gasteiger partial charge in [0, 0.05) is 58.8 Å². The highest BCUT2D eigenvalue weighted by atomic mass is 32.1. The molecule has 35 heavy (non-hydrogen) atoms. The Morgan fingerprint density at radius 1 is 1.03 bits per heavy atom. The molecule has 2 aliphatic rings. The van der Waals surface area contributed by atoms with Crippen LogP contribution in [0.15, 0.2) is 42.5 Å². The number of phenols is 1. The fourth-order valence-corrected chi connectivity index (χ4v) is 6.79. The van der Waals surface area contributed by atoms with Crippen LogP contribution in [0.5, 0.6) is 11.5 Å². The molecule has 6 heteroatoms. The van der Waals surface area contributed by atoms with Crippen LogP contribution >= 0.6 is 11.3 Å². The third kappa shape index (κ3) is 5.71. The minimum absolute atomic E-state index is 0.0733. The maximum absolute atomic E-state index is 13.7. The highest BCUT2D eigenvalue weighted by Crippen LogP contribution is 2.44. The van der Waals surface area contributed by atoms with Gasteiger partial charge in [-0.2, -0.15) is 0 Å². The van der Waals surface area contributed by atoms with Gasteiger partial charge in [-0.15, -0.1) is 11.3 Å². The minimum Gasteiger partial charge on any atom is -0.508 e. The van der Waals surface area contributed by atoms with Crippen molar-refractivity contribution in [3.8, 4) is 11.5 Å². The van der Waals surface area contributed by atoms with Gasteiger partial charge in [-0.1, -0.05) is 19.3 Å². The molecule has 0 radical (unpaired) electrons. The monoisotopic (exact) mass is 492 g/mol. The summed E-state index contributed by atoms with van der Waals surface area (Å²) in [4.78, 5) is 19.8. The molecule has 1 aliphatic heterocycles. The van der Waals surface area contributed by atoms with Crippen LogP contribution in [-0.2, 0) is 0 Å². The molecular formula is C29H36N2O3S. The molecule has 0 unspecified atom stereocenters. The molecule has 0 spiro atoms. The van der Waals surface area contributed by atoms with Crippen molar-refractivity contribution in [2.45, 2.75) is 44.4 Å². The zero-order chi connectivity index (χ0) is 24.2. The van der Waals surface area contributed by atoms with E-state index < -0.39 is 0 Å². The zero-order valence-corrected chi connectivity index (χ0v) is 21.5. The first-order valence-corrected chi connectivity index (χ1v) is 13.8. The lowest BCUT2D eigenvalue weighted by molar-refractivity contribution is 0.103. The van der Waals surface area contributed by atoms with Gasteiger partial charge in [-0.05, 0) is 74.7 Å². The molecule has 186 valence electrons. The molecular weight excluding hydrogens is 456 g/mol. The molecule has 1 saturated carbocycles. The molecule has 2 fully saturated rings. The third-order valence-corrected chi connectivity index (χ3v) is 8.82. The van der Waals surface area contributed by atoms with Gasteiger partial charge in [0.15, 0.2) is 5.78 Å². The number of benzene rings is 2. The van der Waals surface area contributed by atoms with E-state index in [1.54, 1.807) is 23.5 Å². The summed E-state index contributed by atoms with van der Waals surface area (Å²) in [5.41, 5.74) is 1.53. The van der Waals surface area contributed by atoms with Crippen molar-refractivity contribution in [1.82, 2.24) is 9.80 Å². The van der Waals surface area contributed by atoms with E-state index in [1.807, 2.05) is 30.3 Å². The maximum atomic E-state index is 13.7. The summed E-state index contributed by atoms with van der Waals surface area (Å²) in [6.07, 6.45) is 7.00. The highest BCUT2D eigenvalue weighted by Gasteiger charge is 2.27. The van der Waals surface area contributed by atoms with Crippen LogP contribution < -0.4 is 4.74 Å². The Morgan fingerprint density at radius 3 is 2.51 bits per heavy atom. The second kappa shape index (κ2) is 11.1. The minimum atomic E-state index is 0.0733. The molecule has 5 rings (SSSR count). The fourth-order valence-electron chi connectivity index (χ4n) is 5.39. The van der Waals surface area contributed by atoms with Crippen molar-refractivity contribution < 1.29 is 14.6 Å². The Balaban J connectivity index is 1.26. The van der Waals surface area contributed by atoms with E-state index >= 15 is 0 Å². The van der Waals surface area contributed by atoms with E-state index in [9.17, 15) is 9.90 Å². The largest absolute Gasteiger partial charge is 0.508 e. The van der Waals surface area contributed by atoms with Crippen LogP contribution in [0.25, 0.3) is 10.1 Å². The molecule has 0 bridgehead atoms. The average Bonchev–Trinajstić information content (AvgIpc) is 3.26. The predicted octanol–water partition coefficient (Wildman–Crippen LogP) is 5.90. The number of hydrogen-bond donors (Lipinski definition) is 1. The number of hydrogen-bond acceptors (Lipinski definition) is 6. The quantitative estimate of drug-likeness (QED) is 0.313. The predicted molar refractivity (Wildman–Crippen MR) is 143 cm³/mol. The number of thiophene rings is 1. The number of nitrogens with zero attached hydrogens (tertiary/aromatic N) is 2. The lowest BCUT2D eigenvalue weighted by Gasteiger charge is -2.32. The van der Waals surface area contributed by atoms with Gasteiger partial charge in [0.25, 0.3) is 0 Å². The van der Waals surface area contributed by atoms with Crippen LogP contribution in [0.4, 0.5) is 0 Å². The summed E-state index contributed by atoms with van der Waals surface area (Å²) in [5, 5.41) is 11.0. The van der Waals surface area contributed by atoms with E-state index in [0.29, 0.717) is 18.1 Å². The van der Waals surface area contributed by atoms with Gasteiger partial charge in [0.05, 0.1) is 6.61 Å². The van der Waals surface area contributed by atoms with E-state index in [1.165, 1.54) is 24.1 Å². The van der Waals surface area contributed by atoms with Crippen molar-refractivity contribution in [1.29, 1.82) is 0 Å². The summed E-state index contributed by atoms with van der Waals surface area (Å²) in [7, 11) is 2.18. The Labute approximate surface area is 212 Å². The molecule has 3 aromatic rings. The summed E-state index contributed by atoms with van der Waals surface area (Å²) in [5.74, 6) is 1.57. The summed E-state index contributed by atoms with van der Waals surface area (Å²) in [6.45, 7) is 6.29. The Hall–Kier alpha value is -2.41. The molecule has 5 nitrogen and oxygen atoms in total. The van der Waals surface area contributed by atoms with Gasteiger partial charge < -0.3 is 19.6 Å². The molecule has 0 atom stereocenters. The van der Waals surface area contributed by atoms with Gasteiger partial charge in [-0.3, -0.25) is 4.79 Å². The number of phenolic OH excluding ortho intramolecular Hbond substituents is 1. The molecule has 0 amide bonds. The lowest BCUT2D eigenvalue weighted by Crippen LogP contribution is -2.44.